The smallest absolute Gasteiger partial charge is 0.159 e. The molecule has 3 rings (SSSR count). The van der Waals surface area contributed by atoms with E-state index < -0.39 is 11.6 Å². The van der Waals surface area contributed by atoms with Crippen molar-refractivity contribution in [3.05, 3.63) is 43.8 Å². The van der Waals surface area contributed by atoms with Crippen LogP contribution in [0.4, 0.5) is 8.78 Å². The number of fused-ring (bicyclic) bond motifs is 1. The van der Waals surface area contributed by atoms with Gasteiger partial charge in [0.05, 0.1) is 4.88 Å². The Balaban J connectivity index is 2.36. The molecule has 0 N–H and O–H groups in total. The quantitative estimate of drug-likeness (QED) is 0.527. The average molecular weight is 396 g/mol. The van der Waals surface area contributed by atoms with Crippen LogP contribution in [0.25, 0.3) is 21.3 Å². The first-order valence-electron chi connectivity index (χ1n) is 5.23. The molecule has 8 heteroatoms. The van der Waals surface area contributed by atoms with Crippen LogP contribution in [0.3, 0.4) is 0 Å². The molecule has 2 aromatic heterocycles. The van der Waals surface area contributed by atoms with Crippen LogP contribution in [0.15, 0.2) is 22.7 Å². The van der Waals surface area contributed by atoms with E-state index in [1.54, 1.807) is 6.07 Å². The minimum Gasteiger partial charge on any atom is -0.204 e. The lowest BCUT2D eigenvalue weighted by atomic mass is 10.1. The molecule has 2 heterocycles. The zero-order valence-corrected chi connectivity index (χ0v) is 13.3. The lowest BCUT2D eigenvalue weighted by Crippen LogP contribution is -1.93. The summed E-state index contributed by atoms with van der Waals surface area (Å²) >= 11 is 16.4. The molecule has 3 aromatic rings. The molecule has 1 aromatic carbocycles. The molecule has 0 atom stereocenters. The molecule has 0 saturated carbocycles. The highest BCUT2D eigenvalue weighted by atomic mass is 79.9. The number of aromatic nitrogens is 2. The minimum absolute atomic E-state index is 0.0179. The molecule has 0 fully saturated rings. The van der Waals surface area contributed by atoms with Crippen molar-refractivity contribution in [2.45, 2.75) is 0 Å². The van der Waals surface area contributed by atoms with Crippen LogP contribution in [0.2, 0.25) is 9.49 Å². The molecule has 0 bridgehead atoms. The second-order valence-corrected chi connectivity index (χ2v) is 6.75. The van der Waals surface area contributed by atoms with E-state index in [9.17, 15) is 8.78 Å². The summed E-state index contributed by atoms with van der Waals surface area (Å²) in [6, 6.07) is 3.81. The maximum Gasteiger partial charge on any atom is 0.159 e. The maximum atomic E-state index is 13.5. The first-order chi connectivity index (χ1) is 9.47. The first-order valence-corrected chi connectivity index (χ1v) is 7.60. The third-order valence-electron chi connectivity index (χ3n) is 2.65. The molecule has 20 heavy (non-hydrogen) atoms. The Morgan fingerprint density at radius 3 is 2.25 bits per heavy atom. The van der Waals surface area contributed by atoms with Gasteiger partial charge in [0.25, 0.3) is 0 Å². The Morgan fingerprint density at radius 2 is 1.65 bits per heavy atom. The third kappa shape index (κ3) is 2.30. The van der Waals surface area contributed by atoms with Crippen LogP contribution in [0.1, 0.15) is 0 Å². The first kappa shape index (κ1) is 14.1. The molecule has 0 saturated heterocycles. The second-order valence-electron chi connectivity index (χ2n) is 3.88. The molecule has 0 aliphatic rings. The SMILES string of the molecule is Fc1cc2c(Cl)nnc(-c3cc(Br)c(Cl)s3)c2cc1F. The summed E-state index contributed by atoms with van der Waals surface area (Å²) in [5, 5.41) is 8.43. The van der Waals surface area contributed by atoms with Gasteiger partial charge < -0.3 is 0 Å². The molecule has 0 aliphatic heterocycles. The van der Waals surface area contributed by atoms with Crippen molar-refractivity contribution >= 4 is 61.2 Å². The number of nitrogens with zero attached hydrogens (tertiary/aromatic N) is 2. The van der Waals surface area contributed by atoms with E-state index in [1.165, 1.54) is 11.3 Å². The summed E-state index contributed by atoms with van der Waals surface area (Å²) < 4.78 is 28.0. The van der Waals surface area contributed by atoms with Crippen molar-refractivity contribution in [1.29, 1.82) is 0 Å². The summed E-state index contributed by atoms with van der Waals surface area (Å²) in [6.07, 6.45) is 0. The van der Waals surface area contributed by atoms with Crippen molar-refractivity contribution in [3.63, 3.8) is 0 Å². The predicted octanol–water partition coefficient (Wildman–Crippen LogP) is 5.71. The van der Waals surface area contributed by atoms with E-state index in [4.69, 9.17) is 23.2 Å². The summed E-state index contributed by atoms with van der Waals surface area (Å²) in [5.74, 6) is -1.95. The van der Waals surface area contributed by atoms with Gasteiger partial charge in [-0.3, -0.25) is 0 Å². The Kier molecular flexibility index (Phi) is 3.66. The fraction of sp³-hybridized carbons (Fsp3) is 0. The zero-order valence-electron chi connectivity index (χ0n) is 9.42. The normalized spacial score (nSPS) is 11.2. The molecule has 0 unspecified atom stereocenters. The van der Waals surface area contributed by atoms with E-state index >= 15 is 0 Å². The second kappa shape index (κ2) is 5.18. The van der Waals surface area contributed by atoms with Gasteiger partial charge >= 0.3 is 0 Å². The van der Waals surface area contributed by atoms with Crippen molar-refractivity contribution in [2.75, 3.05) is 0 Å². The van der Waals surface area contributed by atoms with Gasteiger partial charge in [-0.15, -0.1) is 21.5 Å². The van der Waals surface area contributed by atoms with Crippen molar-refractivity contribution in [1.82, 2.24) is 10.2 Å². The number of benzene rings is 1. The van der Waals surface area contributed by atoms with Crippen LogP contribution >= 0.6 is 50.5 Å². The summed E-state index contributed by atoms with van der Waals surface area (Å²) in [6.45, 7) is 0. The van der Waals surface area contributed by atoms with Gasteiger partial charge in [0, 0.05) is 15.2 Å². The molecular formula is C12H3BrCl2F2N2S. The molecule has 0 radical (unpaired) electrons. The molecule has 0 aliphatic carbocycles. The van der Waals surface area contributed by atoms with E-state index in [-0.39, 0.29) is 5.15 Å². The molecular weight excluding hydrogens is 393 g/mol. The van der Waals surface area contributed by atoms with Crippen LogP contribution in [0, 0.1) is 11.6 Å². The summed E-state index contributed by atoms with van der Waals surface area (Å²) in [5.41, 5.74) is 0.404. The van der Waals surface area contributed by atoms with E-state index in [2.05, 4.69) is 26.1 Å². The highest BCUT2D eigenvalue weighted by Crippen LogP contribution is 2.40. The lowest BCUT2D eigenvalue weighted by Gasteiger charge is -2.05. The summed E-state index contributed by atoms with van der Waals surface area (Å²) in [7, 11) is 0. The van der Waals surface area contributed by atoms with Gasteiger partial charge in [-0.1, -0.05) is 23.2 Å². The van der Waals surface area contributed by atoms with Gasteiger partial charge in [0.1, 0.15) is 10.0 Å². The fourth-order valence-electron chi connectivity index (χ4n) is 1.76. The van der Waals surface area contributed by atoms with Crippen molar-refractivity contribution in [2.24, 2.45) is 0 Å². The Bertz CT molecular complexity index is 818. The standard InChI is InChI=1S/C12H3BrCl2F2N2S/c13-6-3-9(20-12(6)15)10-4-1-7(16)8(17)2-5(4)11(14)19-18-10/h1-3H. The van der Waals surface area contributed by atoms with Gasteiger partial charge in [-0.2, -0.15) is 0 Å². The average Bonchev–Trinajstić information content (AvgIpc) is 2.72. The Labute approximate surface area is 134 Å². The zero-order chi connectivity index (χ0) is 14.4. The number of rotatable bonds is 1. The van der Waals surface area contributed by atoms with E-state index in [0.717, 1.165) is 12.1 Å². The largest absolute Gasteiger partial charge is 0.204 e. The fourth-order valence-corrected chi connectivity index (χ4v) is 3.66. The van der Waals surface area contributed by atoms with Crippen LogP contribution in [0.5, 0.6) is 0 Å². The van der Waals surface area contributed by atoms with E-state index in [0.29, 0.717) is 30.2 Å². The number of hydrogen-bond donors (Lipinski definition) is 0. The third-order valence-corrected chi connectivity index (χ3v) is 5.41. The molecule has 2 nitrogen and oxygen atoms in total. The summed E-state index contributed by atoms with van der Waals surface area (Å²) in [4.78, 5) is 0.682. The van der Waals surface area contributed by atoms with Crippen LogP contribution < -0.4 is 0 Å². The van der Waals surface area contributed by atoms with Crippen molar-refractivity contribution in [3.8, 4) is 10.6 Å². The number of hydrogen-bond acceptors (Lipinski definition) is 3. The van der Waals surface area contributed by atoms with Crippen molar-refractivity contribution < 1.29 is 8.78 Å². The van der Waals surface area contributed by atoms with Crippen LogP contribution in [-0.4, -0.2) is 10.2 Å². The highest BCUT2D eigenvalue weighted by molar-refractivity contribution is 9.10. The van der Waals surface area contributed by atoms with Gasteiger partial charge in [-0.05, 0) is 34.1 Å². The monoisotopic (exact) mass is 394 g/mol. The Hall–Kier alpha value is -0.820. The highest BCUT2D eigenvalue weighted by Gasteiger charge is 2.16. The number of thiophene rings is 1. The predicted molar refractivity (Wildman–Crippen MR) is 80.5 cm³/mol. The van der Waals surface area contributed by atoms with Crippen LogP contribution in [-0.2, 0) is 0 Å². The topological polar surface area (TPSA) is 25.8 Å². The van der Waals surface area contributed by atoms with E-state index in [1.807, 2.05) is 0 Å². The Morgan fingerprint density at radius 1 is 1.00 bits per heavy atom. The van der Waals surface area contributed by atoms with Gasteiger partial charge in [0.15, 0.2) is 16.8 Å². The van der Waals surface area contributed by atoms with Gasteiger partial charge in [-0.25, -0.2) is 8.78 Å². The maximum absolute atomic E-state index is 13.5. The minimum atomic E-state index is -0.983. The molecule has 102 valence electrons. The lowest BCUT2D eigenvalue weighted by molar-refractivity contribution is 0.511. The molecule has 0 amide bonds. The number of halogens is 5. The van der Waals surface area contributed by atoms with Gasteiger partial charge in [0.2, 0.25) is 0 Å². The molecule has 0 spiro atoms.